The average Bonchev–Trinajstić information content (AvgIpc) is 2.82. The summed E-state index contributed by atoms with van der Waals surface area (Å²) in [5.41, 5.74) is 8.33. The van der Waals surface area contributed by atoms with Gasteiger partial charge in [0.2, 0.25) is 0 Å². The first-order valence-electron chi connectivity index (χ1n) is 5.99. The van der Waals surface area contributed by atoms with E-state index in [1.807, 2.05) is 30.5 Å². The molecule has 0 saturated carbocycles. The molecule has 4 N–H and O–H groups in total. The number of aliphatic carboxylic acids is 1. The van der Waals surface area contributed by atoms with Crippen LogP contribution in [0.25, 0.3) is 21.8 Å². The highest BCUT2D eigenvalue weighted by Crippen LogP contribution is 2.26. The summed E-state index contributed by atoms with van der Waals surface area (Å²) in [4.78, 5) is 18.4. The van der Waals surface area contributed by atoms with Crippen molar-refractivity contribution in [2.75, 3.05) is 0 Å². The van der Waals surface area contributed by atoms with Crippen molar-refractivity contribution < 1.29 is 9.90 Å². The van der Waals surface area contributed by atoms with Crippen LogP contribution in [0.4, 0.5) is 0 Å². The van der Waals surface area contributed by atoms with E-state index >= 15 is 0 Å². The Hall–Kier alpha value is -2.40. The van der Waals surface area contributed by atoms with Gasteiger partial charge in [0.25, 0.3) is 0 Å². The van der Waals surface area contributed by atoms with Gasteiger partial charge in [-0.15, -0.1) is 0 Å². The molecule has 0 fully saturated rings. The van der Waals surface area contributed by atoms with Crippen LogP contribution in [0.1, 0.15) is 5.56 Å². The molecule has 0 bridgehead atoms. The van der Waals surface area contributed by atoms with E-state index in [4.69, 9.17) is 10.8 Å². The molecule has 3 rings (SSSR count). The summed E-state index contributed by atoms with van der Waals surface area (Å²) >= 11 is 0. The van der Waals surface area contributed by atoms with Crippen molar-refractivity contribution >= 4 is 27.8 Å². The number of aromatic amines is 1. The van der Waals surface area contributed by atoms with Gasteiger partial charge in [-0.25, -0.2) is 0 Å². The number of carboxylic acid groups (broad SMARTS) is 1. The smallest absolute Gasteiger partial charge is 0.320 e. The molecule has 96 valence electrons. The summed E-state index contributed by atoms with van der Waals surface area (Å²) < 4.78 is 0. The highest BCUT2D eigenvalue weighted by molar-refractivity contribution is 6.05. The summed E-state index contributed by atoms with van der Waals surface area (Å²) in [7, 11) is 0. The third-order valence-corrected chi connectivity index (χ3v) is 3.27. The number of nitrogens with one attached hydrogen (secondary N) is 1. The first-order valence-corrected chi connectivity index (χ1v) is 5.99. The lowest BCUT2D eigenvalue weighted by molar-refractivity contribution is -0.138. The molecule has 0 saturated heterocycles. The van der Waals surface area contributed by atoms with E-state index in [1.54, 1.807) is 6.20 Å². The van der Waals surface area contributed by atoms with Gasteiger partial charge >= 0.3 is 5.97 Å². The molecule has 0 aliphatic heterocycles. The summed E-state index contributed by atoms with van der Waals surface area (Å²) in [6, 6.07) is 6.92. The Labute approximate surface area is 109 Å². The fourth-order valence-corrected chi connectivity index (χ4v) is 2.28. The van der Waals surface area contributed by atoms with Crippen LogP contribution < -0.4 is 5.73 Å². The predicted octanol–water partition coefficient (Wildman–Crippen LogP) is 1.67. The Morgan fingerprint density at radius 3 is 3.00 bits per heavy atom. The number of fused-ring (bicyclic) bond motifs is 3. The molecule has 3 aromatic rings. The van der Waals surface area contributed by atoms with E-state index in [0.29, 0.717) is 0 Å². The van der Waals surface area contributed by atoms with E-state index in [2.05, 4.69) is 9.97 Å². The third kappa shape index (κ3) is 1.94. The number of carboxylic acids is 1. The van der Waals surface area contributed by atoms with Crippen molar-refractivity contribution in [2.45, 2.75) is 12.5 Å². The van der Waals surface area contributed by atoms with Crippen LogP contribution in [0.2, 0.25) is 0 Å². The van der Waals surface area contributed by atoms with Crippen LogP contribution in [-0.2, 0) is 11.2 Å². The van der Waals surface area contributed by atoms with Crippen LogP contribution >= 0.6 is 0 Å². The van der Waals surface area contributed by atoms with Gasteiger partial charge < -0.3 is 15.8 Å². The molecule has 0 radical (unpaired) electrons. The number of benzene rings is 1. The molecule has 2 aromatic heterocycles. The number of rotatable bonds is 3. The second-order valence-corrected chi connectivity index (χ2v) is 4.53. The first-order chi connectivity index (χ1) is 9.16. The van der Waals surface area contributed by atoms with Crippen LogP contribution in [0, 0.1) is 0 Å². The number of H-pyrrole nitrogens is 1. The molecule has 0 aliphatic rings. The van der Waals surface area contributed by atoms with Gasteiger partial charge in [-0.2, -0.15) is 0 Å². The van der Waals surface area contributed by atoms with E-state index in [0.717, 1.165) is 27.4 Å². The van der Waals surface area contributed by atoms with Crippen LogP contribution in [0.3, 0.4) is 0 Å². The zero-order valence-electron chi connectivity index (χ0n) is 10.1. The first kappa shape index (κ1) is 11.7. The quantitative estimate of drug-likeness (QED) is 0.663. The molecule has 0 unspecified atom stereocenters. The van der Waals surface area contributed by atoms with E-state index < -0.39 is 12.0 Å². The van der Waals surface area contributed by atoms with Crippen LogP contribution in [-0.4, -0.2) is 27.1 Å². The minimum atomic E-state index is -0.997. The van der Waals surface area contributed by atoms with Crippen molar-refractivity contribution in [3.05, 3.63) is 42.2 Å². The largest absolute Gasteiger partial charge is 0.480 e. The summed E-state index contributed by atoms with van der Waals surface area (Å²) in [6.07, 6.45) is 3.85. The van der Waals surface area contributed by atoms with Gasteiger partial charge in [0.15, 0.2) is 0 Å². The molecule has 5 nitrogen and oxygen atoms in total. The van der Waals surface area contributed by atoms with Crippen LogP contribution in [0.15, 0.2) is 36.7 Å². The second-order valence-electron chi connectivity index (χ2n) is 4.53. The van der Waals surface area contributed by atoms with Gasteiger partial charge in [-0.1, -0.05) is 6.07 Å². The van der Waals surface area contributed by atoms with Gasteiger partial charge in [-0.3, -0.25) is 9.78 Å². The Balaban J connectivity index is 2.13. The monoisotopic (exact) mass is 255 g/mol. The zero-order chi connectivity index (χ0) is 13.4. The average molecular weight is 255 g/mol. The van der Waals surface area contributed by atoms with Gasteiger partial charge in [-0.05, 0) is 23.8 Å². The van der Waals surface area contributed by atoms with Crippen molar-refractivity contribution in [3.63, 3.8) is 0 Å². The lowest BCUT2D eigenvalue weighted by Gasteiger charge is -2.05. The normalized spacial score (nSPS) is 12.9. The minimum absolute atomic E-state index is 0.286. The van der Waals surface area contributed by atoms with E-state index in [9.17, 15) is 4.79 Å². The Morgan fingerprint density at radius 1 is 1.37 bits per heavy atom. The van der Waals surface area contributed by atoms with Crippen LogP contribution in [0.5, 0.6) is 0 Å². The molecule has 2 heterocycles. The molecular formula is C14H13N3O2. The SMILES string of the molecule is N[C@@H](Cc1cnc2c1ccc1[nH]cccc12)C(=O)O. The standard InChI is InChI=1S/C14H13N3O2/c15-11(14(18)19)6-8-7-17-13-9(8)3-4-12-10(13)2-1-5-16-12/h1-5,7,11,16H,6,15H2,(H,18,19)/t11-/m0/s1. The Kier molecular flexibility index (Phi) is 2.68. The van der Waals surface area contributed by atoms with Crippen molar-refractivity contribution in [1.82, 2.24) is 9.97 Å². The number of nitrogens with two attached hydrogens (primary N) is 1. The van der Waals surface area contributed by atoms with Gasteiger partial charge in [0.05, 0.1) is 5.52 Å². The maximum absolute atomic E-state index is 10.8. The number of nitrogens with zero attached hydrogens (tertiary/aromatic N) is 1. The Morgan fingerprint density at radius 2 is 2.21 bits per heavy atom. The topological polar surface area (TPSA) is 92.0 Å². The van der Waals surface area contributed by atoms with Crippen molar-refractivity contribution in [3.8, 4) is 0 Å². The highest BCUT2D eigenvalue weighted by Gasteiger charge is 2.16. The summed E-state index contributed by atoms with van der Waals surface area (Å²) in [5, 5.41) is 10.9. The number of hydrogen-bond acceptors (Lipinski definition) is 3. The molecule has 0 amide bonds. The van der Waals surface area contributed by atoms with E-state index in [-0.39, 0.29) is 6.42 Å². The maximum atomic E-state index is 10.8. The fourth-order valence-electron chi connectivity index (χ4n) is 2.28. The van der Waals surface area contributed by atoms with Gasteiger partial charge in [0.1, 0.15) is 6.04 Å². The number of hydrogen-bond donors (Lipinski definition) is 3. The van der Waals surface area contributed by atoms with Crippen molar-refractivity contribution in [2.24, 2.45) is 5.73 Å². The molecule has 0 aliphatic carbocycles. The molecular weight excluding hydrogens is 242 g/mol. The fraction of sp³-hybridized carbons (Fsp3) is 0.143. The third-order valence-electron chi connectivity index (χ3n) is 3.27. The molecule has 5 heteroatoms. The molecule has 19 heavy (non-hydrogen) atoms. The number of aromatic nitrogens is 2. The number of carbonyl (C=O) groups is 1. The summed E-state index contributed by atoms with van der Waals surface area (Å²) in [5.74, 6) is -0.997. The molecule has 1 aromatic carbocycles. The lowest BCUT2D eigenvalue weighted by Crippen LogP contribution is -2.32. The maximum Gasteiger partial charge on any atom is 0.320 e. The highest BCUT2D eigenvalue weighted by atomic mass is 16.4. The molecule has 0 spiro atoms. The number of pyridine rings is 1. The lowest BCUT2D eigenvalue weighted by atomic mass is 10.0. The molecule has 1 atom stereocenters. The minimum Gasteiger partial charge on any atom is -0.480 e. The Bertz CT molecular complexity index is 764. The van der Waals surface area contributed by atoms with Gasteiger partial charge in [0, 0.05) is 35.1 Å². The van der Waals surface area contributed by atoms with E-state index in [1.165, 1.54) is 0 Å². The zero-order valence-corrected chi connectivity index (χ0v) is 10.1. The predicted molar refractivity (Wildman–Crippen MR) is 72.9 cm³/mol. The second kappa shape index (κ2) is 4.37. The van der Waals surface area contributed by atoms with Crippen molar-refractivity contribution in [1.29, 1.82) is 0 Å². The summed E-state index contributed by atoms with van der Waals surface area (Å²) in [6.45, 7) is 0.